The van der Waals surface area contributed by atoms with Gasteiger partial charge >= 0.3 is 0 Å². The zero-order chi connectivity index (χ0) is 15.7. The largest absolute Gasteiger partial charge is 0.493 e. The lowest BCUT2D eigenvalue weighted by molar-refractivity contribution is 0.134. The summed E-state index contributed by atoms with van der Waals surface area (Å²) < 4.78 is 16.8. The Morgan fingerprint density at radius 1 is 1.19 bits per heavy atom. The minimum absolute atomic E-state index is 0.0956. The van der Waals surface area contributed by atoms with E-state index < -0.39 is 0 Å². The molecule has 2 N–H and O–H groups in total. The first kappa shape index (κ1) is 17.8. The number of methoxy groups -OCH3 is 1. The molecular formula is C17H29NO3. The van der Waals surface area contributed by atoms with Crippen LogP contribution in [0.25, 0.3) is 0 Å². The molecule has 1 aromatic rings. The number of hydrogen-bond acceptors (Lipinski definition) is 4. The molecule has 0 spiro atoms. The first-order valence-electron chi connectivity index (χ1n) is 7.73. The van der Waals surface area contributed by atoms with Gasteiger partial charge in [-0.1, -0.05) is 13.0 Å². The Morgan fingerprint density at radius 3 is 2.57 bits per heavy atom. The second-order valence-electron chi connectivity index (χ2n) is 5.51. The van der Waals surface area contributed by atoms with E-state index in [0.29, 0.717) is 13.2 Å². The maximum atomic E-state index is 6.05. The second kappa shape index (κ2) is 9.64. The van der Waals surface area contributed by atoms with Crippen molar-refractivity contribution in [2.45, 2.75) is 52.2 Å². The Kier molecular flexibility index (Phi) is 8.16. The van der Waals surface area contributed by atoms with Crippen LogP contribution in [0.5, 0.6) is 11.5 Å². The van der Waals surface area contributed by atoms with Crippen molar-refractivity contribution in [3.63, 3.8) is 0 Å². The van der Waals surface area contributed by atoms with Gasteiger partial charge in [-0.15, -0.1) is 0 Å². The summed E-state index contributed by atoms with van der Waals surface area (Å²) in [7, 11) is 1.70. The molecule has 0 amide bonds. The summed E-state index contributed by atoms with van der Waals surface area (Å²) in [5, 5.41) is 0. The van der Waals surface area contributed by atoms with E-state index >= 15 is 0 Å². The summed E-state index contributed by atoms with van der Waals surface area (Å²) in [4.78, 5) is 0. The van der Waals surface area contributed by atoms with Crippen LogP contribution in [-0.4, -0.2) is 32.5 Å². The predicted octanol–water partition coefficient (Wildman–Crippen LogP) is 3.17. The van der Waals surface area contributed by atoms with Gasteiger partial charge in [-0.05, 0) is 38.3 Å². The molecule has 0 aliphatic rings. The van der Waals surface area contributed by atoms with Gasteiger partial charge in [0.15, 0.2) is 0 Å². The molecule has 21 heavy (non-hydrogen) atoms. The number of rotatable bonds is 10. The quantitative estimate of drug-likeness (QED) is 0.720. The lowest BCUT2D eigenvalue weighted by Gasteiger charge is -2.19. The van der Waals surface area contributed by atoms with Gasteiger partial charge < -0.3 is 19.9 Å². The van der Waals surface area contributed by atoms with Gasteiger partial charge in [0.25, 0.3) is 0 Å². The molecule has 0 bridgehead atoms. The van der Waals surface area contributed by atoms with Crippen molar-refractivity contribution in [2.75, 3.05) is 20.3 Å². The van der Waals surface area contributed by atoms with E-state index in [1.807, 2.05) is 32.0 Å². The van der Waals surface area contributed by atoms with Crippen molar-refractivity contribution < 1.29 is 14.2 Å². The molecule has 0 saturated carbocycles. The summed E-state index contributed by atoms with van der Waals surface area (Å²) in [6.45, 7) is 7.55. The maximum Gasteiger partial charge on any atom is 0.126 e. The van der Waals surface area contributed by atoms with Crippen LogP contribution in [0.15, 0.2) is 18.2 Å². The summed E-state index contributed by atoms with van der Waals surface area (Å²) in [5.41, 5.74) is 7.04. The van der Waals surface area contributed by atoms with Crippen molar-refractivity contribution in [2.24, 2.45) is 5.73 Å². The Balaban J connectivity index is 2.82. The fraction of sp³-hybridized carbons (Fsp3) is 0.647. The maximum absolute atomic E-state index is 6.05. The van der Waals surface area contributed by atoms with Crippen molar-refractivity contribution in [3.8, 4) is 11.5 Å². The average molecular weight is 295 g/mol. The average Bonchev–Trinajstić information content (AvgIpc) is 2.44. The molecule has 4 nitrogen and oxygen atoms in total. The van der Waals surface area contributed by atoms with Crippen LogP contribution in [0.4, 0.5) is 0 Å². The highest BCUT2D eigenvalue weighted by molar-refractivity contribution is 5.41. The first-order chi connectivity index (χ1) is 10.1. The monoisotopic (exact) mass is 295 g/mol. The molecular weight excluding hydrogens is 266 g/mol. The van der Waals surface area contributed by atoms with Crippen LogP contribution >= 0.6 is 0 Å². The van der Waals surface area contributed by atoms with E-state index in [1.54, 1.807) is 7.11 Å². The van der Waals surface area contributed by atoms with E-state index in [4.69, 9.17) is 19.9 Å². The molecule has 0 heterocycles. The molecule has 0 aliphatic carbocycles. The molecule has 1 rings (SSSR count). The Bertz CT molecular complexity index is 407. The lowest BCUT2D eigenvalue weighted by Crippen LogP contribution is -2.20. The Morgan fingerprint density at radius 2 is 1.95 bits per heavy atom. The summed E-state index contributed by atoms with van der Waals surface area (Å²) in [5.74, 6) is 1.71. The van der Waals surface area contributed by atoms with Gasteiger partial charge in [-0.25, -0.2) is 0 Å². The van der Waals surface area contributed by atoms with Crippen molar-refractivity contribution >= 4 is 0 Å². The van der Waals surface area contributed by atoms with Crippen LogP contribution < -0.4 is 15.2 Å². The topological polar surface area (TPSA) is 53.7 Å². The van der Waals surface area contributed by atoms with Crippen LogP contribution in [-0.2, 0) is 11.2 Å². The first-order valence-corrected chi connectivity index (χ1v) is 7.73. The van der Waals surface area contributed by atoms with Crippen LogP contribution in [0.2, 0.25) is 0 Å². The molecule has 120 valence electrons. The molecule has 4 heteroatoms. The van der Waals surface area contributed by atoms with Crippen molar-refractivity contribution in [1.82, 2.24) is 0 Å². The highest BCUT2D eigenvalue weighted by atomic mass is 16.5. The molecule has 0 aliphatic heterocycles. The molecule has 0 radical (unpaired) electrons. The fourth-order valence-electron chi connectivity index (χ4n) is 2.03. The van der Waals surface area contributed by atoms with Gasteiger partial charge in [0.1, 0.15) is 11.5 Å². The number of nitrogens with two attached hydrogens (primary N) is 1. The van der Waals surface area contributed by atoms with Crippen LogP contribution in [0.1, 0.15) is 39.2 Å². The number of benzene rings is 1. The van der Waals surface area contributed by atoms with Crippen molar-refractivity contribution in [1.29, 1.82) is 0 Å². The van der Waals surface area contributed by atoms with Gasteiger partial charge in [-0.2, -0.15) is 0 Å². The molecule has 0 saturated heterocycles. The minimum atomic E-state index is 0.0956. The normalized spacial score (nSPS) is 13.8. The van der Waals surface area contributed by atoms with Gasteiger partial charge in [0, 0.05) is 32.2 Å². The molecule has 0 aromatic heterocycles. The Labute approximate surface area is 128 Å². The van der Waals surface area contributed by atoms with E-state index in [-0.39, 0.29) is 12.1 Å². The summed E-state index contributed by atoms with van der Waals surface area (Å²) >= 11 is 0. The standard InChI is InChI=1S/C17H29NO3/c1-5-9-20-16-7-6-15(11-13(2)18)17(12-16)21-14(3)8-10-19-4/h6-7,12-14H,5,8-11,18H2,1-4H3. The molecule has 1 aromatic carbocycles. The SMILES string of the molecule is CCCOc1ccc(CC(C)N)c(OC(C)CCOC)c1. The number of hydrogen-bond donors (Lipinski definition) is 1. The van der Waals surface area contributed by atoms with Gasteiger partial charge in [0.05, 0.1) is 12.7 Å². The zero-order valence-electron chi connectivity index (χ0n) is 13.7. The minimum Gasteiger partial charge on any atom is -0.493 e. The summed E-state index contributed by atoms with van der Waals surface area (Å²) in [6, 6.07) is 6.10. The van der Waals surface area contributed by atoms with E-state index in [1.165, 1.54) is 0 Å². The van der Waals surface area contributed by atoms with Crippen LogP contribution in [0, 0.1) is 0 Å². The summed E-state index contributed by atoms with van der Waals surface area (Å²) in [6.07, 6.45) is 2.73. The third kappa shape index (κ3) is 6.82. The smallest absolute Gasteiger partial charge is 0.126 e. The number of ether oxygens (including phenoxy) is 3. The van der Waals surface area contributed by atoms with Gasteiger partial charge in [0.2, 0.25) is 0 Å². The highest BCUT2D eigenvalue weighted by Gasteiger charge is 2.11. The second-order valence-corrected chi connectivity index (χ2v) is 5.51. The van der Waals surface area contributed by atoms with Crippen molar-refractivity contribution in [3.05, 3.63) is 23.8 Å². The van der Waals surface area contributed by atoms with Gasteiger partial charge in [-0.3, -0.25) is 0 Å². The zero-order valence-corrected chi connectivity index (χ0v) is 13.7. The van der Waals surface area contributed by atoms with E-state index in [9.17, 15) is 0 Å². The third-order valence-electron chi connectivity index (χ3n) is 3.11. The van der Waals surface area contributed by atoms with E-state index in [0.717, 1.165) is 36.3 Å². The van der Waals surface area contributed by atoms with Crippen LogP contribution in [0.3, 0.4) is 0 Å². The molecule has 2 atom stereocenters. The highest BCUT2D eigenvalue weighted by Crippen LogP contribution is 2.27. The molecule has 0 fully saturated rings. The fourth-order valence-corrected chi connectivity index (χ4v) is 2.03. The Hall–Kier alpha value is -1.26. The van der Waals surface area contributed by atoms with E-state index in [2.05, 4.69) is 6.92 Å². The third-order valence-corrected chi connectivity index (χ3v) is 3.11. The lowest BCUT2D eigenvalue weighted by atomic mass is 10.1. The predicted molar refractivity (Wildman–Crippen MR) is 86.2 cm³/mol. The molecule has 2 unspecified atom stereocenters.